The van der Waals surface area contributed by atoms with Gasteiger partial charge < -0.3 is 14.4 Å². The molecule has 2 aromatic carbocycles. The number of methoxy groups -OCH3 is 1. The predicted molar refractivity (Wildman–Crippen MR) is 122 cm³/mol. The molecule has 32 heavy (non-hydrogen) atoms. The van der Waals surface area contributed by atoms with Crippen LogP contribution in [-0.4, -0.2) is 49.2 Å². The van der Waals surface area contributed by atoms with E-state index in [-0.39, 0.29) is 11.3 Å². The number of nitrogens with one attached hydrogen (secondary N) is 1. The number of thiazole rings is 1. The van der Waals surface area contributed by atoms with Crippen LogP contribution in [0.25, 0.3) is 0 Å². The highest BCUT2D eigenvalue weighted by Gasteiger charge is 2.23. The van der Waals surface area contributed by atoms with Crippen molar-refractivity contribution in [1.82, 2.24) is 4.98 Å². The van der Waals surface area contributed by atoms with Crippen molar-refractivity contribution < 1.29 is 19.2 Å². The van der Waals surface area contributed by atoms with Gasteiger partial charge >= 0.3 is 0 Å². The molecule has 0 unspecified atom stereocenters. The average molecular weight is 455 g/mol. The molecule has 4 rings (SSSR count). The fourth-order valence-electron chi connectivity index (χ4n) is 3.44. The number of amides is 1. The minimum absolute atomic E-state index is 0.0983. The molecule has 1 aliphatic heterocycles. The van der Waals surface area contributed by atoms with Crippen molar-refractivity contribution in [1.29, 1.82) is 0 Å². The molecule has 1 fully saturated rings. The molecule has 1 aromatic heterocycles. The van der Waals surface area contributed by atoms with Gasteiger partial charge in [0.15, 0.2) is 5.13 Å². The lowest BCUT2D eigenvalue weighted by Gasteiger charge is -2.28. The predicted octanol–water partition coefficient (Wildman–Crippen LogP) is 3.74. The summed E-state index contributed by atoms with van der Waals surface area (Å²) in [6.45, 7) is 2.18. The van der Waals surface area contributed by atoms with E-state index in [1.165, 1.54) is 17.4 Å². The van der Waals surface area contributed by atoms with Gasteiger partial charge in [-0.2, -0.15) is 0 Å². The van der Waals surface area contributed by atoms with E-state index in [1.807, 2.05) is 29.2 Å². The van der Waals surface area contributed by atoms with Crippen molar-refractivity contribution in [3.8, 4) is 5.75 Å². The number of carbonyl (C=O) groups is 1. The number of nitro benzene ring substituents is 1. The van der Waals surface area contributed by atoms with Gasteiger partial charge in [-0.05, 0) is 29.8 Å². The molecule has 0 saturated carbocycles. The largest absolute Gasteiger partial charge is 0.497 e. The maximum Gasteiger partial charge on any atom is 0.293 e. The number of aromatic nitrogens is 1. The molecule has 0 bridgehead atoms. The number of morpholine rings is 1. The fraction of sp³-hybridized carbons (Fsp3) is 0.273. The normalized spacial score (nSPS) is 13.6. The summed E-state index contributed by atoms with van der Waals surface area (Å²) in [5, 5.41) is 14.8. The average Bonchev–Trinajstić information content (AvgIpc) is 3.26. The second kappa shape index (κ2) is 9.75. The number of nitrogens with zero attached hydrogens (tertiary/aromatic N) is 3. The molecule has 1 aliphatic rings. The van der Waals surface area contributed by atoms with E-state index in [9.17, 15) is 14.9 Å². The standard InChI is InChI=1S/C22H22N4O5S/c1-30-17-5-2-15(3-6-17)12-18-14-23-22(32-18)24-21(27)16-4-7-19(20(13-16)26(28)29)25-8-10-31-11-9-25/h2-7,13-14H,8-12H2,1H3,(H,23,24,27). The van der Waals surface area contributed by atoms with E-state index in [2.05, 4.69) is 10.3 Å². The molecule has 1 N–H and O–H groups in total. The molecular weight excluding hydrogens is 432 g/mol. The van der Waals surface area contributed by atoms with E-state index in [0.29, 0.717) is 43.5 Å². The van der Waals surface area contributed by atoms with Crippen molar-refractivity contribution >= 4 is 33.8 Å². The van der Waals surface area contributed by atoms with Gasteiger partial charge in [0.1, 0.15) is 11.4 Å². The van der Waals surface area contributed by atoms with Gasteiger partial charge in [-0.15, -0.1) is 11.3 Å². The first-order chi connectivity index (χ1) is 15.5. The Morgan fingerprint density at radius 3 is 2.69 bits per heavy atom. The van der Waals surface area contributed by atoms with Crippen LogP contribution in [0.3, 0.4) is 0 Å². The summed E-state index contributed by atoms with van der Waals surface area (Å²) in [5.41, 5.74) is 1.70. The van der Waals surface area contributed by atoms with E-state index in [1.54, 1.807) is 25.4 Å². The van der Waals surface area contributed by atoms with Crippen molar-refractivity contribution in [2.24, 2.45) is 0 Å². The highest BCUT2D eigenvalue weighted by atomic mass is 32.1. The van der Waals surface area contributed by atoms with Crippen LogP contribution in [0.15, 0.2) is 48.7 Å². The Kier molecular flexibility index (Phi) is 6.62. The number of ether oxygens (including phenoxy) is 2. The fourth-order valence-corrected chi connectivity index (χ4v) is 4.29. The lowest BCUT2D eigenvalue weighted by atomic mass is 10.1. The Morgan fingerprint density at radius 1 is 1.25 bits per heavy atom. The summed E-state index contributed by atoms with van der Waals surface area (Å²) in [4.78, 5) is 31.0. The van der Waals surface area contributed by atoms with Crippen LogP contribution in [0.4, 0.5) is 16.5 Å². The van der Waals surface area contributed by atoms with Gasteiger partial charge in [0.25, 0.3) is 11.6 Å². The zero-order chi connectivity index (χ0) is 22.5. The molecule has 3 aromatic rings. The van der Waals surface area contributed by atoms with Crippen LogP contribution >= 0.6 is 11.3 Å². The monoisotopic (exact) mass is 454 g/mol. The van der Waals surface area contributed by atoms with Gasteiger partial charge in [0.2, 0.25) is 0 Å². The van der Waals surface area contributed by atoms with Crippen LogP contribution in [0.1, 0.15) is 20.8 Å². The first-order valence-electron chi connectivity index (χ1n) is 10.0. The number of benzene rings is 2. The van der Waals surface area contributed by atoms with Crippen molar-refractivity contribution in [2.75, 3.05) is 43.6 Å². The number of anilines is 2. The van der Waals surface area contributed by atoms with Crippen molar-refractivity contribution in [3.63, 3.8) is 0 Å². The minimum Gasteiger partial charge on any atom is -0.497 e. The second-order valence-electron chi connectivity index (χ2n) is 7.17. The number of carbonyl (C=O) groups excluding carboxylic acids is 1. The van der Waals surface area contributed by atoms with Gasteiger partial charge in [-0.3, -0.25) is 20.2 Å². The van der Waals surface area contributed by atoms with Crippen LogP contribution in [0.5, 0.6) is 5.75 Å². The van der Waals surface area contributed by atoms with Crippen LogP contribution in [0, 0.1) is 10.1 Å². The van der Waals surface area contributed by atoms with Gasteiger partial charge in [0.05, 0.1) is 25.2 Å². The Labute approximate surface area is 188 Å². The Balaban J connectivity index is 1.45. The molecule has 9 nitrogen and oxygen atoms in total. The zero-order valence-corrected chi connectivity index (χ0v) is 18.3. The van der Waals surface area contributed by atoms with Crippen LogP contribution < -0.4 is 15.0 Å². The highest BCUT2D eigenvalue weighted by molar-refractivity contribution is 7.15. The van der Waals surface area contributed by atoms with Gasteiger partial charge in [-0.1, -0.05) is 12.1 Å². The lowest BCUT2D eigenvalue weighted by molar-refractivity contribution is -0.384. The Bertz CT molecular complexity index is 1110. The SMILES string of the molecule is COc1ccc(Cc2cnc(NC(=O)c3ccc(N4CCOCC4)c([N+](=O)[O-])c3)s2)cc1. The summed E-state index contributed by atoms with van der Waals surface area (Å²) in [5.74, 6) is 0.353. The Morgan fingerprint density at radius 2 is 2.00 bits per heavy atom. The number of hydrogen-bond acceptors (Lipinski definition) is 8. The summed E-state index contributed by atoms with van der Waals surface area (Å²) >= 11 is 1.37. The maximum atomic E-state index is 12.7. The molecule has 2 heterocycles. The minimum atomic E-state index is -0.460. The van der Waals surface area contributed by atoms with E-state index >= 15 is 0 Å². The summed E-state index contributed by atoms with van der Waals surface area (Å²) in [7, 11) is 1.62. The highest BCUT2D eigenvalue weighted by Crippen LogP contribution is 2.30. The third-order valence-corrected chi connectivity index (χ3v) is 6.01. The van der Waals surface area contributed by atoms with Crippen LogP contribution in [-0.2, 0) is 11.2 Å². The number of hydrogen-bond donors (Lipinski definition) is 1. The molecule has 0 aliphatic carbocycles. The molecule has 0 radical (unpaired) electrons. The number of nitro groups is 1. The van der Waals surface area contributed by atoms with Gasteiger partial charge in [0, 0.05) is 42.2 Å². The van der Waals surface area contributed by atoms with E-state index in [4.69, 9.17) is 9.47 Å². The lowest BCUT2D eigenvalue weighted by Crippen LogP contribution is -2.36. The molecule has 10 heteroatoms. The molecule has 1 amide bonds. The molecule has 1 saturated heterocycles. The summed E-state index contributed by atoms with van der Waals surface area (Å²) in [6, 6.07) is 12.3. The maximum absolute atomic E-state index is 12.7. The summed E-state index contributed by atoms with van der Waals surface area (Å²) < 4.78 is 10.5. The van der Waals surface area contributed by atoms with E-state index < -0.39 is 10.8 Å². The third-order valence-electron chi connectivity index (χ3n) is 5.10. The molecule has 0 atom stereocenters. The zero-order valence-electron chi connectivity index (χ0n) is 17.4. The third kappa shape index (κ3) is 5.04. The summed E-state index contributed by atoms with van der Waals surface area (Å²) in [6.07, 6.45) is 2.39. The molecular formula is C22H22N4O5S. The van der Waals surface area contributed by atoms with Crippen molar-refractivity contribution in [2.45, 2.75) is 6.42 Å². The first-order valence-corrected chi connectivity index (χ1v) is 10.9. The van der Waals surface area contributed by atoms with Crippen LogP contribution in [0.2, 0.25) is 0 Å². The smallest absolute Gasteiger partial charge is 0.293 e. The molecule has 0 spiro atoms. The quantitative estimate of drug-likeness (QED) is 0.428. The number of rotatable bonds is 7. The molecule has 166 valence electrons. The van der Waals surface area contributed by atoms with E-state index in [0.717, 1.165) is 16.2 Å². The van der Waals surface area contributed by atoms with Gasteiger partial charge in [-0.25, -0.2) is 4.98 Å². The second-order valence-corrected chi connectivity index (χ2v) is 8.29. The first kappa shape index (κ1) is 21.7. The Hall–Kier alpha value is -3.50. The topological polar surface area (TPSA) is 107 Å². The van der Waals surface area contributed by atoms with Crippen molar-refractivity contribution in [3.05, 3.63) is 74.8 Å².